The molecule has 6 rings (SSSR count). The van der Waals surface area contributed by atoms with Crippen LogP contribution in [-0.2, 0) is 7.05 Å². The van der Waals surface area contributed by atoms with Crippen molar-refractivity contribution in [2.24, 2.45) is 12.5 Å². The Balaban J connectivity index is 1.48. The highest BCUT2D eigenvalue weighted by molar-refractivity contribution is 6.13. The lowest BCUT2D eigenvalue weighted by molar-refractivity contribution is -0.660. The molecule has 0 saturated heterocycles. The van der Waals surface area contributed by atoms with Crippen LogP contribution in [0, 0.1) is 18.2 Å². The molecule has 200 valence electrons. The molecule has 2 aromatic heterocycles. The molecule has 2 heterocycles. The van der Waals surface area contributed by atoms with Crippen molar-refractivity contribution in [2.75, 3.05) is 0 Å². The number of nitrogens with zero attached hydrogens (tertiary/aromatic N) is 1. The highest BCUT2D eigenvalue weighted by Gasteiger charge is 2.28. The lowest BCUT2D eigenvalue weighted by atomic mass is 9.71. The number of hydrogen-bond acceptors (Lipinski definition) is 1. The molecule has 0 bridgehead atoms. The quantitative estimate of drug-likeness (QED) is 0.215. The standard InChI is InChI=1S/C36H39FNO/c1-22(2)27-17-20-38(6)31(21-27)32-23(3)7-12-28-29-13-14-30(37)33(35(29)39-34(28)32)26-10-8-24(9-11-26)25-15-18-36(4,5)19-16-25/h7-14,17,20-22,25H,15-16,18-19H2,1-6H3/q+1. The average Bonchev–Trinajstić information content (AvgIpc) is 3.27. The Hall–Kier alpha value is -3.46. The Morgan fingerprint density at radius 3 is 2.18 bits per heavy atom. The van der Waals surface area contributed by atoms with Crippen LogP contribution in [0.1, 0.15) is 81.9 Å². The van der Waals surface area contributed by atoms with E-state index < -0.39 is 0 Å². The molecule has 3 aromatic carbocycles. The molecule has 0 unspecified atom stereocenters. The molecule has 3 heteroatoms. The summed E-state index contributed by atoms with van der Waals surface area (Å²) in [7, 11) is 2.07. The van der Waals surface area contributed by atoms with Crippen molar-refractivity contribution in [3.05, 3.63) is 89.4 Å². The van der Waals surface area contributed by atoms with Gasteiger partial charge in [0, 0.05) is 22.9 Å². The summed E-state index contributed by atoms with van der Waals surface area (Å²) in [5.74, 6) is 0.759. The van der Waals surface area contributed by atoms with Crippen molar-refractivity contribution in [3.8, 4) is 22.4 Å². The zero-order chi connectivity index (χ0) is 27.5. The van der Waals surface area contributed by atoms with E-state index in [0.29, 0.717) is 28.4 Å². The molecule has 1 fully saturated rings. The molecule has 2 nitrogen and oxygen atoms in total. The third kappa shape index (κ3) is 4.56. The summed E-state index contributed by atoms with van der Waals surface area (Å²) in [5, 5.41) is 1.96. The van der Waals surface area contributed by atoms with Crippen molar-refractivity contribution in [3.63, 3.8) is 0 Å². The second-order valence-electron chi connectivity index (χ2n) is 12.7. The van der Waals surface area contributed by atoms with Crippen LogP contribution >= 0.6 is 0 Å². The zero-order valence-corrected chi connectivity index (χ0v) is 24.1. The van der Waals surface area contributed by atoms with E-state index in [1.54, 1.807) is 6.07 Å². The molecule has 0 spiro atoms. The molecule has 0 radical (unpaired) electrons. The molecule has 1 aliphatic carbocycles. The maximum atomic E-state index is 15.5. The summed E-state index contributed by atoms with van der Waals surface area (Å²) in [4.78, 5) is 0. The normalized spacial score (nSPS) is 16.0. The molecule has 5 aromatic rings. The highest BCUT2D eigenvalue weighted by atomic mass is 19.1. The molecule has 39 heavy (non-hydrogen) atoms. The van der Waals surface area contributed by atoms with Crippen molar-refractivity contribution < 1.29 is 13.4 Å². The molecule has 0 amide bonds. The minimum atomic E-state index is -0.251. The van der Waals surface area contributed by atoms with E-state index in [-0.39, 0.29) is 5.82 Å². The highest BCUT2D eigenvalue weighted by Crippen LogP contribution is 2.44. The van der Waals surface area contributed by atoms with E-state index in [0.717, 1.165) is 38.7 Å². The first kappa shape index (κ1) is 25.8. The monoisotopic (exact) mass is 520 g/mol. The Morgan fingerprint density at radius 1 is 0.872 bits per heavy atom. The van der Waals surface area contributed by atoms with E-state index in [1.807, 2.05) is 6.07 Å². The van der Waals surface area contributed by atoms with Gasteiger partial charge in [-0.15, -0.1) is 0 Å². The number of hydrogen-bond donors (Lipinski definition) is 0. The fourth-order valence-electron chi connectivity index (χ4n) is 6.41. The van der Waals surface area contributed by atoms with Gasteiger partial charge in [-0.2, -0.15) is 0 Å². The van der Waals surface area contributed by atoms with Crippen LogP contribution in [0.4, 0.5) is 4.39 Å². The molecular weight excluding hydrogens is 481 g/mol. The summed E-state index contributed by atoms with van der Waals surface area (Å²) in [5.41, 5.74) is 9.24. The van der Waals surface area contributed by atoms with Crippen LogP contribution in [-0.4, -0.2) is 0 Å². The summed E-state index contributed by atoms with van der Waals surface area (Å²) in [6.45, 7) is 11.3. The number of fused-ring (bicyclic) bond motifs is 3. The maximum Gasteiger partial charge on any atom is 0.216 e. The number of furan rings is 1. The largest absolute Gasteiger partial charge is 0.454 e. The number of aromatic nitrogens is 1. The second-order valence-corrected chi connectivity index (χ2v) is 12.7. The van der Waals surface area contributed by atoms with E-state index in [9.17, 15) is 0 Å². The molecule has 1 aliphatic rings. The Kier molecular flexibility index (Phi) is 6.37. The van der Waals surface area contributed by atoms with Crippen molar-refractivity contribution in [2.45, 2.75) is 72.1 Å². The maximum absolute atomic E-state index is 15.5. The Bertz CT molecular complexity index is 1680. The number of aryl methyl sites for hydroxylation is 2. The van der Waals surface area contributed by atoms with Gasteiger partial charge in [0.1, 0.15) is 24.0 Å². The smallest absolute Gasteiger partial charge is 0.216 e. The zero-order valence-electron chi connectivity index (χ0n) is 24.1. The number of halogens is 1. The molecule has 0 aliphatic heterocycles. The average molecular weight is 521 g/mol. The van der Waals surface area contributed by atoms with Gasteiger partial charge in [-0.05, 0) is 84.2 Å². The minimum Gasteiger partial charge on any atom is -0.454 e. The predicted molar refractivity (Wildman–Crippen MR) is 160 cm³/mol. The van der Waals surface area contributed by atoms with Crippen LogP contribution in [0.3, 0.4) is 0 Å². The summed E-state index contributed by atoms with van der Waals surface area (Å²) < 4.78 is 24.3. The topological polar surface area (TPSA) is 17.0 Å². The summed E-state index contributed by atoms with van der Waals surface area (Å²) in [6.07, 6.45) is 7.07. The Morgan fingerprint density at radius 2 is 1.51 bits per heavy atom. The summed E-state index contributed by atoms with van der Waals surface area (Å²) in [6, 6.07) is 20.7. The van der Waals surface area contributed by atoms with Crippen LogP contribution in [0.5, 0.6) is 0 Å². The van der Waals surface area contributed by atoms with Crippen LogP contribution in [0.2, 0.25) is 0 Å². The van der Waals surface area contributed by atoms with E-state index in [1.165, 1.54) is 36.8 Å². The first-order chi connectivity index (χ1) is 18.6. The number of rotatable bonds is 4. The van der Waals surface area contributed by atoms with Crippen molar-refractivity contribution in [1.82, 2.24) is 0 Å². The van der Waals surface area contributed by atoms with E-state index in [2.05, 4.69) is 101 Å². The van der Waals surface area contributed by atoms with Crippen LogP contribution in [0.25, 0.3) is 44.3 Å². The minimum absolute atomic E-state index is 0.251. The molecule has 0 N–H and O–H groups in total. The van der Waals surface area contributed by atoms with Gasteiger partial charge in [0.25, 0.3) is 0 Å². The van der Waals surface area contributed by atoms with Gasteiger partial charge in [-0.3, -0.25) is 0 Å². The van der Waals surface area contributed by atoms with Crippen molar-refractivity contribution in [1.29, 1.82) is 0 Å². The van der Waals surface area contributed by atoms with Gasteiger partial charge in [0.2, 0.25) is 5.69 Å². The van der Waals surface area contributed by atoms with Crippen LogP contribution in [0.15, 0.2) is 71.3 Å². The van der Waals surface area contributed by atoms with E-state index in [4.69, 9.17) is 4.42 Å². The number of benzene rings is 3. The predicted octanol–water partition coefficient (Wildman–Crippen LogP) is 10.00. The molecule has 1 saturated carbocycles. The lowest BCUT2D eigenvalue weighted by Crippen LogP contribution is -2.31. The van der Waals surface area contributed by atoms with Crippen LogP contribution < -0.4 is 4.57 Å². The van der Waals surface area contributed by atoms with Gasteiger partial charge in [0.05, 0.1) is 11.1 Å². The van der Waals surface area contributed by atoms with Gasteiger partial charge in [0.15, 0.2) is 6.20 Å². The third-order valence-corrected chi connectivity index (χ3v) is 9.07. The third-order valence-electron chi connectivity index (χ3n) is 9.07. The lowest BCUT2D eigenvalue weighted by Gasteiger charge is -2.34. The number of pyridine rings is 1. The molecular formula is C36H39FNO+. The summed E-state index contributed by atoms with van der Waals surface area (Å²) >= 11 is 0. The fourth-order valence-corrected chi connectivity index (χ4v) is 6.41. The van der Waals surface area contributed by atoms with Gasteiger partial charge in [-0.1, -0.05) is 64.1 Å². The fraction of sp³-hybridized carbons (Fsp3) is 0.361. The molecule has 0 atom stereocenters. The van der Waals surface area contributed by atoms with Gasteiger partial charge in [-0.25, -0.2) is 8.96 Å². The SMILES string of the molecule is Cc1ccc2c(oc3c(-c4ccc(C5CCC(C)(C)CC5)cc4)c(F)ccc32)c1-c1cc(C(C)C)cc[n+]1C. The van der Waals surface area contributed by atoms with E-state index >= 15 is 4.39 Å². The Labute approximate surface area is 231 Å². The van der Waals surface area contributed by atoms with Crippen molar-refractivity contribution >= 4 is 21.9 Å². The first-order valence-corrected chi connectivity index (χ1v) is 14.4. The second kappa shape index (κ2) is 9.62. The van der Waals surface area contributed by atoms with Gasteiger partial charge >= 0.3 is 0 Å². The van der Waals surface area contributed by atoms with Gasteiger partial charge < -0.3 is 4.42 Å². The first-order valence-electron chi connectivity index (χ1n) is 14.4.